The topological polar surface area (TPSA) is 89.1 Å². The summed E-state index contributed by atoms with van der Waals surface area (Å²) in [5.74, 6) is 1.46. The fraction of sp³-hybridized carbons (Fsp3) is 0.425. The molecule has 1 spiro atoms. The lowest BCUT2D eigenvalue weighted by molar-refractivity contribution is -0.121. The SMILES string of the molecule is COc1nc(-c2cccc(-c3cccc(-c4cc5c(c(OC)n4)[C@@H](N4CC6(CNC(=O)C6)C4)CC5)c3Cl)c2Cl)cc2c1[C@@H](N1CC(OC)C1)CC2. The highest BCUT2D eigenvalue weighted by Crippen LogP contribution is 2.50. The minimum absolute atomic E-state index is 0.0707. The van der Waals surface area contributed by atoms with Crippen molar-refractivity contribution in [3.05, 3.63) is 80.8 Å². The summed E-state index contributed by atoms with van der Waals surface area (Å²) in [6, 6.07) is 16.9. The summed E-state index contributed by atoms with van der Waals surface area (Å²) in [7, 11) is 5.16. The van der Waals surface area contributed by atoms with E-state index in [2.05, 4.69) is 27.2 Å². The van der Waals surface area contributed by atoms with Crippen molar-refractivity contribution in [1.82, 2.24) is 25.1 Å². The van der Waals surface area contributed by atoms with E-state index in [0.717, 1.165) is 97.6 Å². The van der Waals surface area contributed by atoms with E-state index in [0.29, 0.717) is 34.3 Å². The number of hydrogen-bond donors (Lipinski definition) is 1. The van der Waals surface area contributed by atoms with Gasteiger partial charge in [-0.15, -0.1) is 0 Å². The van der Waals surface area contributed by atoms with Crippen molar-refractivity contribution >= 4 is 29.1 Å². The van der Waals surface area contributed by atoms with Crippen molar-refractivity contribution in [3.8, 4) is 45.4 Å². The summed E-state index contributed by atoms with van der Waals surface area (Å²) >= 11 is 14.5. The molecule has 0 unspecified atom stereocenters. The Bertz CT molecular complexity index is 2060. The Balaban J connectivity index is 1.02. The standard InChI is InChI=1S/C40H41Cl2N5O4/c1-49-24-17-46(18-24)31-12-10-22-14-29(44-38(50-2)34(22)31)27-8-4-6-25(36(27)41)26-7-5-9-28(37(26)42)30-15-23-11-13-32(35(23)39(45-30)51-3)47-20-40(21-47)16-33(48)43-19-40/h4-9,14-15,24,31-32H,10-13,16-21H2,1-3H3,(H,43,48)/t31-,32-/m0/s1. The average Bonchev–Trinajstić information content (AvgIpc) is 3.84. The van der Waals surface area contributed by atoms with Crippen molar-refractivity contribution in [3.63, 3.8) is 0 Å². The smallest absolute Gasteiger partial charge is 0.220 e. The third-order valence-corrected chi connectivity index (χ3v) is 12.7. The number of halogens is 2. The molecule has 5 aliphatic rings. The van der Waals surface area contributed by atoms with Crippen molar-refractivity contribution in [2.75, 3.05) is 54.1 Å². The third-order valence-electron chi connectivity index (χ3n) is 11.8. The van der Waals surface area contributed by atoms with Crippen molar-refractivity contribution in [2.24, 2.45) is 5.41 Å². The summed E-state index contributed by atoms with van der Waals surface area (Å²) in [4.78, 5) is 26.9. The molecule has 0 bridgehead atoms. The number of nitrogens with zero attached hydrogens (tertiary/aromatic N) is 4. The largest absolute Gasteiger partial charge is 0.481 e. The number of carbonyl (C=O) groups is 1. The molecule has 2 aromatic carbocycles. The number of hydrogen-bond acceptors (Lipinski definition) is 8. The van der Waals surface area contributed by atoms with Crippen LogP contribution in [0.2, 0.25) is 10.0 Å². The van der Waals surface area contributed by atoms with E-state index in [1.807, 2.05) is 36.4 Å². The minimum Gasteiger partial charge on any atom is -0.481 e. The number of fused-ring (bicyclic) bond motifs is 2. The lowest BCUT2D eigenvalue weighted by atomic mass is 9.77. The zero-order valence-electron chi connectivity index (χ0n) is 29.1. The Labute approximate surface area is 308 Å². The molecule has 3 aliphatic heterocycles. The fourth-order valence-electron chi connectivity index (χ4n) is 9.24. The van der Waals surface area contributed by atoms with Gasteiger partial charge in [-0.1, -0.05) is 59.6 Å². The predicted molar refractivity (Wildman–Crippen MR) is 198 cm³/mol. The van der Waals surface area contributed by atoms with Crippen LogP contribution in [0.1, 0.15) is 53.6 Å². The Hall–Kier alpha value is -3.73. The first-order valence-corrected chi connectivity index (χ1v) is 18.6. The number of carbonyl (C=O) groups excluding carboxylic acids is 1. The molecular formula is C40H41Cl2N5O4. The van der Waals surface area contributed by atoms with Crippen LogP contribution in [0.15, 0.2) is 48.5 Å². The molecule has 4 aromatic rings. The van der Waals surface area contributed by atoms with Gasteiger partial charge in [-0.25, -0.2) is 9.97 Å². The second kappa shape index (κ2) is 12.7. The zero-order valence-corrected chi connectivity index (χ0v) is 30.6. The normalized spacial score (nSPS) is 22.4. The summed E-state index contributed by atoms with van der Waals surface area (Å²) < 4.78 is 17.4. The number of aryl methyl sites for hydroxylation is 2. The van der Waals surface area contributed by atoms with Crippen LogP contribution < -0.4 is 14.8 Å². The summed E-state index contributed by atoms with van der Waals surface area (Å²) in [6.07, 6.45) is 4.83. The lowest BCUT2D eigenvalue weighted by Crippen LogP contribution is -2.58. The maximum Gasteiger partial charge on any atom is 0.220 e. The molecule has 2 aromatic heterocycles. The quantitative estimate of drug-likeness (QED) is 0.209. The molecule has 3 saturated heterocycles. The first-order chi connectivity index (χ1) is 24.8. The molecule has 51 heavy (non-hydrogen) atoms. The summed E-state index contributed by atoms with van der Waals surface area (Å²) in [6.45, 7) is 4.45. The van der Waals surface area contributed by atoms with E-state index in [1.54, 1.807) is 21.3 Å². The van der Waals surface area contributed by atoms with Crippen LogP contribution in [0.25, 0.3) is 33.6 Å². The number of aromatic nitrogens is 2. The van der Waals surface area contributed by atoms with E-state index >= 15 is 0 Å². The minimum atomic E-state index is 0.0707. The zero-order chi connectivity index (χ0) is 35.0. The van der Waals surface area contributed by atoms with Crippen molar-refractivity contribution in [1.29, 1.82) is 0 Å². The van der Waals surface area contributed by atoms with Gasteiger partial charge in [0, 0.05) is 97.1 Å². The van der Waals surface area contributed by atoms with E-state index in [4.69, 9.17) is 47.4 Å². The van der Waals surface area contributed by atoms with Crippen LogP contribution in [-0.4, -0.2) is 85.8 Å². The number of methoxy groups -OCH3 is 3. The molecule has 9 rings (SSSR count). The van der Waals surface area contributed by atoms with Crippen LogP contribution in [0.4, 0.5) is 0 Å². The third kappa shape index (κ3) is 5.43. The Morgan fingerprint density at radius 2 is 1.27 bits per heavy atom. The first kappa shape index (κ1) is 33.1. The molecule has 0 radical (unpaired) electrons. The van der Waals surface area contributed by atoms with Gasteiger partial charge in [-0.05, 0) is 48.9 Å². The summed E-state index contributed by atoms with van der Waals surface area (Å²) in [5.41, 5.74) is 9.75. The molecule has 11 heteroatoms. The number of pyridine rings is 2. The van der Waals surface area contributed by atoms with Crippen LogP contribution in [0.3, 0.4) is 0 Å². The van der Waals surface area contributed by atoms with Gasteiger partial charge in [0.05, 0.1) is 41.8 Å². The molecule has 2 atom stereocenters. The molecule has 3 fully saturated rings. The lowest BCUT2D eigenvalue weighted by Gasteiger charge is -2.50. The van der Waals surface area contributed by atoms with E-state index < -0.39 is 0 Å². The molecule has 5 heterocycles. The number of benzene rings is 2. The van der Waals surface area contributed by atoms with Crippen molar-refractivity contribution in [2.45, 2.75) is 50.3 Å². The van der Waals surface area contributed by atoms with Crippen LogP contribution in [-0.2, 0) is 22.4 Å². The number of nitrogens with one attached hydrogen (secondary N) is 1. The molecule has 9 nitrogen and oxygen atoms in total. The number of amides is 1. The molecule has 2 aliphatic carbocycles. The Kier molecular flexibility index (Phi) is 8.28. The van der Waals surface area contributed by atoms with Crippen molar-refractivity contribution < 1.29 is 19.0 Å². The number of ether oxygens (including phenoxy) is 3. The average molecular weight is 727 g/mol. The highest BCUT2D eigenvalue weighted by molar-refractivity contribution is 6.39. The molecule has 1 N–H and O–H groups in total. The molecular weight excluding hydrogens is 685 g/mol. The van der Waals surface area contributed by atoms with Gasteiger partial charge in [0.25, 0.3) is 0 Å². The van der Waals surface area contributed by atoms with Gasteiger partial charge in [-0.3, -0.25) is 14.6 Å². The van der Waals surface area contributed by atoms with Gasteiger partial charge in [-0.2, -0.15) is 0 Å². The van der Waals surface area contributed by atoms with Gasteiger partial charge >= 0.3 is 0 Å². The maximum absolute atomic E-state index is 11.9. The van der Waals surface area contributed by atoms with E-state index in [1.165, 1.54) is 16.7 Å². The van der Waals surface area contributed by atoms with E-state index in [9.17, 15) is 4.79 Å². The number of rotatable bonds is 8. The van der Waals surface area contributed by atoms with Crippen LogP contribution in [0.5, 0.6) is 11.8 Å². The number of likely N-dealkylation sites (tertiary alicyclic amines) is 2. The Morgan fingerprint density at radius 3 is 1.75 bits per heavy atom. The Morgan fingerprint density at radius 1 is 0.765 bits per heavy atom. The van der Waals surface area contributed by atoms with E-state index in [-0.39, 0.29) is 23.4 Å². The first-order valence-electron chi connectivity index (χ1n) is 17.8. The predicted octanol–water partition coefficient (Wildman–Crippen LogP) is 6.93. The van der Waals surface area contributed by atoms with Crippen LogP contribution >= 0.6 is 23.2 Å². The summed E-state index contributed by atoms with van der Waals surface area (Å²) in [5, 5.41) is 4.18. The highest BCUT2D eigenvalue weighted by atomic mass is 35.5. The van der Waals surface area contributed by atoms with Crippen LogP contribution in [0, 0.1) is 5.41 Å². The second-order valence-corrected chi connectivity index (χ2v) is 15.5. The molecule has 1 amide bonds. The molecule has 0 saturated carbocycles. The van der Waals surface area contributed by atoms with Gasteiger partial charge in [0.15, 0.2) is 0 Å². The fourth-order valence-corrected chi connectivity index (χ4v) is 9.89. The van der Waals surface area contributed by atoms with Gasteiger partial charge in [0.1, 0.15) is 0 Å². The highest BCUT2D eigenvalue weighted by Gasteiger charge is 2.51. The second-order valence-electron chi connectivity index (χ2n) is 14.8. The monoisotopic (exact) mass is 725 g/mol. The molecule has 264 valence electrons. The van der Waals surface area contributed by atoms with Gasteiger partial charge < -0.3 is 19.5 Å². The maximum atomic E-state index is 11.9. The van der Waals surface area contributed by atoms with Gasteiger partial charge in [0.2, 0.25) is 17.7 Å².